The molecule has 26 heavy (non-hydrogen) atoms. The molecule has 0 spiro atoms. The Bertz CT molecular complexity index is 925. The molecule has 3 rings (SSSR count). The number of rotatable bonds is 6. The van der Waals surface area contributed by atoms with Crippen LogP contribution in [0, 0.1) is 5.82 Å². The molecule has 0 saturated heterocycles. The molecule has 0 radical (unpaired) electrons. The summed E-state index contributed by atoms with van der Waals surface area (Å²) < 4.78 is 46.5. The van der Waals surface area contributed by atoms with Crippen LogP contribution in [0.15, 0.2) is 47.4 Å². The highest BCUT2D eigenvalue weighted by atomic mass is 32.2. The number of nitrogens with zero attached hydrogens (tertiary/aromatic N) is 1. The maximum absolute atomic E-state index is 13.7. The minimum atomic E-state index is -3.95. The Morgan fingerprint density at radius 3 is 2.38 bits per heavy atom. The van der Waals surface area contributed by atoms with Crippen molar-refractivity contribution < 1.29 is 22.3 Å². The molecule has 1 N–H and O–H groups in total. The molecule has 6 nitrogen and oxygen atoms in total. The van der Waals surface area contributed by atoms with Gasteiger partial charge in [-0.3, -0.25) is 9.52 Å². The van der Waals surface area contributed by atoms with Crippen molar-refractivity contribution in [2.45, 2.75) is 30.7 Å². The van der Waals surface area contributed by atoms with E-state index in [0.717, 1.165) is 18.9 Å². The summed E-state index contributed by atoms with van der Waals surface area (Å²) in [5.41, 5.74) is 0.376. The maximum Gasteiger partial charge on any atom is 0.261 e. The number of hydrogen-bond donors (Lipinski definition) is 1. The van der Waals surface area contributed by atoms with Crippen molar-refractivity contribution in [3.63, 3.8) is 0 Å². The van der Waals surface area contributed by atoms with E-state index in [0.29, 0.717) is 11.4 Å². The molecule has 2 aromatic carbocycles. The van der Waals surface area contributed by atoms with E-state index in [1.807, 2.05) is 0 Å². The molecule has 0 heterocycles. The topological polar surface area (TPSA) is 75.7 Å². The fraction of sp³-hybridized carbons (Fsp3) is 0.278. The van der Waals surface area contributed by atoms with Crippen molar-refractivity contribution in [1.29, 1.82) is 0 Å². The Morgan fingerprint density at radius 1 is 1.19 bits per heavy atom. The van der Waals surface area contributed by atoms with Crippen molar-refractivity contribution in [2.75, 3.05) is 16.7 Å². The first kappa shape index (κ1) is 18.2. The molecule has 0 aromatic heterocycles. The van der Waals surface area contributed by atoms with Gasteiger partial charge >= 0.3 is 0 Å². The van der Waals surface area contributed by atoms with Gasteiger partial charge in [0, 0.05) is 19.0 Å². The van der Waals surface area contributed by atoms with Gasteiger partial charge in [0.05, 0.1) is 23.4 Å². The number of methoxy groups -OCH3 is 1. The second-order valence-corrected chi connectivity index (χ2v) is 7.75. The number of carbonyl (C=O) groups is 1. The third-order valence-electron chi connectivity index (χ3n) is 4.08. The Balaban J connectivity index is 1.97. The minimum Gasteiger partial charge on any atom is -0.497 e. The normalized spacial score (nSPS) is 14.0. The number of sulfonamides is 1. The lowest BCUT2D eigenvalue weighted by atomic mass is 10.2. The average Bonchev–Trinajstić information content (AvgIpc) is 3.41. The van der Waals surface area contributed by atoms with Crippen molar-refractivity contribution >= 4 is 27.3 Å². The molecule has 1 fully saturated rings. The number of carbonyl (C=O) groups excluding carboxylic acids is 1. The monoisotopic (exact) mass is 378 g/mol. The predicted octanol–water partition coefficient (Wildman–Crippen LogP) is 3.15. The van der Waals surface area contributed by atoms with Crippen molar-refractivity contribution in [2.24, 2.45) is 0 Å². The number of hydrogen-bond acceptors (Lipinski definition) is 4. The van der Waals surface area contributed by atoms with Gasteiger partial charge in [0.1, 0.15) is 11.6 Å². The molecule has 2 aromatic rings. The van der Waals surface area contributed by atoms with Crippen LogP contribution in [0.1, 0.15) is 19.8 Å². The highest BCUT2D eigenvalue weighted by Gasteiger charge is 2.34. The molecular formula is C18H19FN2O4S. The van der Waals surface area contributed by atoms with Crippen LogP contribution in [0.2, 0.25) is 0 Å². The summed E-state index contributed by atoms with van der Waals surface area (Å²) in [5, 5.41) is 0. The number of amides is 1. The standard InChI is InChI=1S/C18H19FN2O4S/c1-12(22)21(14-4-5-14)18-10-3-13(19)11-17(18)20-26(23,24)16-8-6-15(25-2)7-9-16/h3,6-11,14,20H,4-5H2,1-2H3. The maximum atomic E-state index is 13.7. The van der Waals surface area contributed by atoms with Crippen LogP contribution in [0.4, 0.5) is 15.8 Å². The van der Waals surface area contributed by atoms with Crippen LogP contribution in [-0.2, 0) is 14.8 Å². The van der Waals surface area contributed by atoms with E-state index in [2.05, 4.69) is 4.72 Å². The molecule has 0 unspecified atom stereocenters. The first-order valence-corrected chi connectivity index (χ1v) is 9.56. The van der Waals surface area contributed by atoms with Gasteiger partial charge in [-0.05, 0) is 49.2 Å². The Labute approximate surface area is 151 Å². The van der Waals surface area contributed by atoms with E-state index < -0.39 is 15.8 Å². The molecule has 1 aliphatic carbocycles. The number of benzene rings is 2. The second-order valence-electron chi connectivity index (χ2n) is 6.06. The third-order valence-corrected chi connectivity index (χ3v) is 5.46. The summed E-state index contributed by atoms with van der Waals surface area (Å²) in [6.45, 7) is 1.41. The lowest BCUT2D eigenvalue weighted by molar-refractivity contribution is -0.116. The first-order chi connectivity index (χ1) is 12.3. The molecule has 0 aliphatic heterocycles. The van der Waals surface area contributed by atoms with Crippen molar-refractivity contribution in [1.82, 2.24) is 0 Å². The van der Waals surface area contributed by atoms with Gasteiger partial charge in [-0.25, -0.2) is 12.8 Å². The second kappa shape index (κ2) is 6.95. The van der Waals surface area contributed by atoms with E-state index in [-0.39, 0.29) is 22.5 Å². The van der Waals surface area contributed by atoms with Crippen LogP contribution < -0.4 is 14.4 Å². The van der Waals surface area contributed by atoms with E-state index in [1.54, 1.807) is 0 Å². The van der Waals surface area contributed by atoms with Gasteiger partial charge in [-0.1, -0.05) is 0 Å². The third kappa shape index (κ3) is 3.80. The highest BCUT2D eigenvalue weighted by Crippen LogP contribution is 2.37. The Kier molecular flexibility index (Phi) is 4.86. The number of nitrogens with one attached hydrogen (secondary N) is 1. The first-order valence-electron chi connectivity index (χ1n) is 8.08. The summed E-state index contributed by atoms with van der Waals surface area (Å²) in [7, 11) is -2.47. The predicted molar refractivity (Wildman–Crippen MR) is 96.4 cm³/mol. The number of ether oxygens (including phenoxy) is 1. The minimum absolute atomic E-state index is 0.00862. The number of halogens is 1. The molecular weight excluding hydrogens is 359 g/mol. The van der Waals surface area contributed by atoms with Crippen LogP contribution in [-0.4, -0.2) is 27.5 Å². The smallest absolute Gasteiger partial charge is 0.261 e. The van der Waals surface area contributed by atoms with Crippen LogP contribution in [0.5, 0.6) is 5.75 Å². The fourth-order valence-corrected chi connectivity index (χ4v) is 3.78. The molecule has 0 bridgehead atoms. The van der Waals surface area contributed by atoms with Gasteiger partial charge in [-0.15, -0.1) is 0 Å². The van der Waals surface area contributed by atoms with Gasteiger partial charge in [0.15, 0.2) is 0 Å². The van der Waals surface area contributed by atoms with Gasteiger partial charge < -0.3 is 9.64 Å². The molecule has 138 valence electrons. The summed E-state index contributed by atoms with van der Waals surface area (Å²) in [4.78, 5) is 13.5. The Morgan fingerprint density at radius 2 is 1.85 bits per heavy atom. The van der Waals surface area contributed by atoms with Crippen LogP contribution in [0.3, 0.4) is 0 Å². The SMILES string of the molecule is COc1ccc(S(=O)(=O)Nc2cc(F)ccc2N(C(C)=O)C2CC2)cc1. The van der Waals surface area contributed by atoms with Gasteiger partial charge in [0.2, 0.25) is 5.91 Å². The van der Waals surface area contributed by atoms with Gasteiger partial charge in [0.25, 0.3) is 10.0 Å². The lowest BCUT2D eigenvalue weighted by Gasteiger charge is -2.24. The fourth-order valence-electron chi connectivity index (χ4n) is 2.71. The highest BCUT2D eigenvalue weighted by molar-refractivity contribution is 7.92. The largest absolute Gasteiger partial charge is 0.497 e. The number of anilines is 2. The molecule has 1 amide bonds. The van der Waals surface area contributed by atoms with Gasteiger partial charge in [-0.2, -0.15) is 0 Å². The van der Waals surface area contributed by atoms with Crippen molar-refractivity contribution in [3.05, 3.63) is 48.3 Å². The van der Waals surface area contributed by atoms with Crippen LogP contribution >= 0.6 is 0 Å². The van der Waals surface area contributed by atoms with E-state index in [9.17, 15) is 17.6 Å². The summed E-state index contributed by atoms with van der Waals surface area (Å²) in [5.74, 6) is -0.295. The zero-order valence-electron chi connectivity index (χ0n) is 14.4. The summed E-state index contributed by atoms with van der Waals surface area (Å²) in [6.07, 6.45) is 1.67. The van der Waals surface area contributed by atoms with E-state index in [1.165, 1.54) is 55.3 Å². The quantitative estimate of drug-likeness (QED) is 0.838. The molecule has 1 aliphatic rings. The lowest BCUT2D eigenvalue weighted by Crippen LogP contribution is -2.31. The van der Waals surface area contributed by atoms with Crippen LogP contribution in [0.25, 0.3) is 0 Å². The zero-order chi connectivity index (χ0) is 18.9. The van der Waals surface area contributed by atoms with E-state index >= 15 is 0 Å². The molecule has 0 atom stereocenters. The summed E-state index contributed by atoms with van der Waals surface area (Å²) in [6, 6.07) is 9.55. The molecule has 1 saturated carbocycles. The average molecular weight is 378 g/mol. The Hall–Kier alpha value is -2.61. The zero-order valence-corrected chi connectivity index (χ0v) is 15.2. The molecule has 8 heteroatoms. The van der Waals surface area contributed by atoms with Crippen molar-refractivity contribution in [3.8, 4) is 5.75 Å². The summed E-state index contributed by atoms with van der Waals surface area (Å²) >= 11 is 0. The van der Waals surface area contributed by atoms with E-state index in [4.69, 9.17) is 4.74 Å².